The summed E-state index contributed by atoms with van der Waals surface area (Å²) in [6.07, 6.45) is 3.09. The molecule has 0 aromatic heterocycles. The first-order chi connectivity index (χ1) is 10.6. The lowest BCUT2D eigenvalue weighted by atomic mass is 10.1. The van der Waals surface area contributed by atoms with E-state index in [4.69, 9.17) is 14.6 Å². The quantitative estimate of drug-likeness (QED) is 0.751. The smallest absolute Gasteiger partial charge is 0.303 e. The monoisotopic (exact) mass is 305 g/mol. The average Bonchev–Trinajstić information content (AvgIpc) is 2.52. The van der Waals surface area contributed by atoms with E-state index in [1.807, 2.05) is 12.1 Å². The van der Waals surface area contributed by atoms with Crippen molar-refractivity contribution in [2.45, 2.75) is 19.3 Å². The number of hydrogen-bond acceptors (Lipinski definition) is 4. The number of ether oxygens (including phenoxy) is 2. The molecule has 1 aromatic carbocycles. The Morgan fingerprint density at radius 3 is 2.91 bits per heavy atom. The van der Waals surface area contributed by atoms with Gasteiger partial charge in [-0.1, -0.05) is 0 Å². The molecule has 0 fully saturated rings. The van der Waals surface area contributed by atoms with E-state index in [0.717, 1.165) is 11.3 Å². The minimum atomic E-state index is -0.819. The van der Waals surface area contributed by atoms with Crippen molar-refractivity contribution in [1.29, 1.82) is 0 Å². The molecule has 0 radical (unpaired) electrons. The van der Waals surface area contributed by atoms with Crippen molar-refractivity contribution in [2.24, 2.45) is 0 Å². The number of aliphatic carboxylic acids is 1. The Bertz CT molecular complexity index is 594. The summed E-state index contributed by atoms with van der Waals surface area (Å²) < 4.78 is 10.7. The first-order valence-electron chi connectivity index (χ1n) is 7.11. The molecule has 1 heterocycles. The second kappa shape index (κ2) is 7.49. The highest BCUT2D eigenvalue weighted by Gasteiger charge is 2.17. The molecule has 0 atom stereocenters. The number of amides is 1. The number of nitrogens with one attached hydrogen (secondary N) is 1. The molecule has 1 aliphatic rings. The van der Waals surface area contributed by atoms with Crippen LogP contribution in [0.15, 0.2) is 23.8 Å². The van der Waals surface area contributed by atoms with Gasteiger partial charge >= 0.3 is 5.97 Å². The van der Waals surface area contributed by atoms with Crippen molar-refractivity contribution in [3.8, 4) is 11.5 Å². The fourth-order valence-electron chi connectivity index (χ4n) is 2.13. The summed E-state index contributed by atoms with van der Waals surface area (Å²) in [7, 11) is 1.58. The number of carbonyl (C=O) groups excluding carboxylic acids is 1. The van der Waals surface area contributed by atoms with Crippen LogP contribution in [-0.2, 0) is 9.59 Å². The van der Waals surface area contributed by atoms with Gasteiger partial charge in [0.15, 0.2) is 0 Å². The second-order valence-electron chi connectivity index (χ2n) is 4.97. The fraction of sp³-hybridized carbons (Fsp3) is 0.375. The number of rotatable bonds is 7. The highest BCUT2D eigenvalue weighted by Crippen LogP contribution is 2.29. The molecule has 0 saturated carbocycles. The Hall–Kier alpha value is -2.50. The third-order valence-corrected chi connectivity index (χ3v) is 3.32. The van der Waals surface area contributed by atoms with Gasteiger partial charge in [0.25, 0.3) is 5.91 Å². The van der Waals surface area contributed by atoms with E-state index in [0.29, 0.717) is 30.7 Å². The van der Waals surface area contributed by atoms with Crippen LogP contribution in [0, 0.1) is 0 Å². The van der Waals surface area contributed by atoms with Crippen LogP contribution in [0.4, 0.5) is 0 Å². The van der Waals surface area contributed by atoms with Gasteiger partial charge in [-0.05, 0) is 37.1 Å². The molecule has 0 spiro atoms. The minimum Gasteiger partial charge on any atom is -0.497 e. The molecule has 1 amide bonds. The van der Waals surface area contributed by atoms with E-state index < -0.39 is 5.97 Å². The average molecular weight is 305 g/mol. The molecule has 6 heteroatoms. The van der Waals surface area contributed by atoms with Gasteiger partial charge < -0.3 is 19.9 Å². The van der Waals surface area contributed by atoms with Crippen LogP contribution < -0.4 is 14.8 Å². The second-order valence-corrected chi connectivity index (χ2v) is 4.97. The number of hydrogen-bond donors (Lipinski definition) is 2. The number of unbranched alkanes of at least 4 members (excludes halogenated alkanes) is 1. The van der Waals surface area contributed by atoms with Gasteiger partial charge in [-0.25, -0.2) is 0 Å². The van der Waals surface area contributed by atoms with E-state index in [1.54, 1.807) is 19.3 Å². The number of carboxylic acids is 1. The van der Waals surface area contributed by atoms with Crippen LogP contribution in [0.5, 0.6) is 11.5 Å². The Labute approximate surface area is 128 Å². The van der Waals surface area contributed by atoms with Crippen LogP contribution in [0.1, 0.15) is 24.8 Å². The number of fused-ring (bicyclic) bond motifs is 1. The molecule has 0 aliphatic carbocycles. The van der Waals surface area contributed by atoms with Gasteiger partial charge in [0, 0.05) is 18.5 Å². The molecule has 0 bridgehead atoms. The zero-order valence-corrected chi connectivity index (χ0v) is 12.4. The van der Waals surface area contributed by atoms with Crippen LogP contribution in [0.3, 0.4) is 0 Å². The maximum absolute atomic E-state index is 12.1. The number of benzene rings is 1. The third kappa shape index (κ3) is 4.25. The van der Waals surface area contributed by atoms with Crippen molar-refractivity contribution in [3.63, 3.8) is 0 Å². The molecular weight excluding hydrogens is 286 g/mol. The zero-order chi connectivity index (χ0) is 15.9. The highest BCUT2D eigenvalue weighted by molar-refractivity contribution is 5.99. The van der Waals surface area contributed by atoms with Gasteiger partial charge in [0.1, 0.15) is 18.1 Å². The predicted octanol–water partition coefficient (Wildman–Crippen LogP) is 1.84. The minimum absolute atomic E-state index is 0.120. The van der Waals surface area contributed by atoms with E-state index in [1.165, 1.54) is 0 Å². The first-order valence-corrected chi connectivity index (χ1v) is 7.11. The fourth-order valence-corrected chi connectivity index (χ4v) is 2.13. The standard InChI is InChI=1S/C16H19NO5/c1-21-13-5-6-14-11(9-13)8-12(10-22-14)16(20)17-7-3-2-4-15(18)19/h5-6,8-9H,2-4,7,10H2,1H3,(H,17,20)(H,18,19). The van der Waals surface area contributed by atoms with E-state index in [2.05, 4.69) is 5.32 Å². The first kappa shape index (κ1) is 15.9. The van der Waals surface area contributed by atoms with Crippen molar-refractivity contribution in [3.05, 3.63) is 29.3 Å². The van der Waals surface area contributed by atoms with Crippen molar-refractivity contribution in [2.75, 3.05) is 20.3 Å². The normalized spacial score (nSPS) is 12.7. The molecule has 0 saturated heterocycles. The van der Waals surface area contributed by atoms with Gasteiger partial charge in [0.2, 0.25) is 0 Å². The molecule has 118 valence electrons. The Kier molecular flexibility index (Phi) is 5.41. The predicted molar refractivity (Wildman–Crippen MR) is 81.0 cm³/mol. The molecule has 22 heavy (non-hydrogen) atoms. The third-order valence-electron chi connectivity index (χ3n) is 3.32. The van der Waals surface area contributed by atoms with Crippen molar-refractivity contribution in [1.82, 2.24) is 5.32 Å². The molecule has 1 aromatic rings. The largest absolute Gasteiger partial charge is 0.497 e. The summed E-state index contributed by atoms with van der Waals surface area (Å²) in [5.41, 5.74) is 1.35. The SMILES string of the molecule is COc1ccc2c(c1)C=C(C(=O)NCCCCC(=O)O)CO2. The summed E-state index contributed by atoms with van der Waals surface area (Å²) in [5, 5.41) is 11.3. The molecule has 2 rings (SSSR count). The van der Waals surface area contributed by atoms with E-state index in [-0.39, 0.29) is 18.9 Å². The summed E-state index contributed by atoms with van der Waals surface area (Å²) in [5.74, 6) is 0.414. The maximum Gasteiger partial charge on any atom is 0.303 e. The van der Waals surface area contributed by atoms with Crippen LogP contribution in [0.2, 0.25) is 0 Å². The number of carboxylic acid groups (broad SMARTS) is 1. The van der Waals surface area contributed by atoms with Crippen molar-refractivity contribution >= 4 is 18.0 Å². The molecule has 2 N–H and O–H groups in total. The van der Waals surface area contributed by atoms with Gasteiger partial charge in [-0.15, -0.1) is 0 Å². The summed E-state index contributed by atoms with van der Waals surface area (Å²) >= 11 is 0. The number of carbonyl (C=O) groups is 2. The lowest BCUT2D eigenvalue weighted by Gasteiger charge is -2.18. The van der Waals surface area contributed by atoms with Gasteiger partial charge in [-0.2, -0.15) is 0 Å². The molecule has 6 nitrogen and oxygen atoms in total. The lowest BCUT2D eigenvalue weighted by molar-refractivity contribution is -0.137. The van der Waals surface area contributed by atoms with Crippen molar-refractivity contribution < 1.29 is 24.2 Å². The van der Waals surface area contributed by atoms with Crippen LogP contribution >= 0.6 is 0 Å². The summed E-state index contributed by atoms with van der Waals surface area (Å²) in [6, 6.07) is 5.43. The molecule has 0 unspecified atom stereocenters. The van der Waals surface area contributed by atoms with E-state index >= 15 is 0 Å². The topological polar surface area (TPSA) is 84.9 Å². The van der Waals surface area contributed by atoms with Crippen LogP contribution in [-0.4, -0.2) is 37.2 Å². The summed E-state index contributed by atoms with van der Waals surface area (Å²) in [4.78, 5) is 22.4. The van der Waals surface area contributed by atoms with Gasteiger partial charge in [0.05, 0.1) is 12.7 Å². The maximum atomic E-state index is 12.1. The van der Waals surface area contributed by atoms with Gasteiger partial charge in [-0.3, -0.25) is 9.59 Å². The van der Waals surface area contributed by atoms with E-state index in [9.17, 15) is 9.59 Å². The lowest BCUT2D eigenvalue weighted by Crippen LogP contribution is -2.29. The Balaban J connectivity index is 1.90. The summed E-state index contributed by atoms with van der Waals surface area (Å²) in [6.45, 7) is 0.675. The number of methoxy groups -OCH3 is 1. The Morgan fingerprint density at radius 1 is 1.36 bits per heavy atom. The Morgan fingerprint density at radius 2 is 2.18 bits per heavy atom. The molecular formula is C16H19NO5. The zero-order valence-electron chi connectivity index (χ0n) is 12.4. The van der Waals surface area contributed by atoms with Crippen LogP contribution in [0.25, 0.3) is 6.08 Å². The molecule has 1 aliphatic heterocycles. The highest BCUT2D eigenvalue weighted by atomic mass is 16.5.